The van der Waals surface area contributed by atoms with Gasteiger partial charge in [0.25, 0.3) is 0 Å². The van der Waals surface area contributed by atoms with Crippen molar-refractivity contribution >= 4 is 28.1 Å². The molecule has 2 N–H and O–H groups in total. The zero-order valence-electron chi connectivity index (χ0n) is 11.1. The van der Waals surface area contributed by atoms with Gasteiger partial charge in [-0.2, -0.15) is 0 Å². The fourth-order valence-corrected chi connectivity index (χ4v) is 2.65. The Morgan fingerprint density at radius 1 is 1.20 bits per heavy atom. The quantitative estimate of drug-likeness (QED) is 0.733. The molecule has 0 saturated heterocycles. The SMILES string of the molecule is NC(=S)c1cccc2c1ccn2CCCn1ccnc1. The monoisotopic (exact) mass is 284 g/mol. The molecule has 0 unspecified atom stereocenters. The third kappa shape index (κ3) is 2.44. The Balaban J connectivity index is 1.79. The second kappa shape index (κ2) is 5.46. The largest absolute Gasteiger partial charge is 0.389 e. The fourth-order valence-electron chi connectivity index (χ4n) is 2.48. The van der Waals surface area contributed by atoms with Crippen molar-refractivity contribution in [1.82, 2.24) is 14.1 Å². The summed E-state index contributed by atoms with van der Waals surface area (Å²) in [4.78, 5) is 4.50. The zero-order valence-corrected chi connectivity index (χ0v) is 11.9. The first-order valence-electron chi connectivity index (χ1n) is 6.59. The van der Waals surface area contributed by atoms with E-state index < -0.39 is 0 Å². The van der Waals surface area contributed by atoms with Crippen molar-refractivity contribution in [3.05, 3.63) is 54.7 Å². The van der Waals surface area contributed by atoms with Gasteiger partial charge in [0.1, 0.15) is 4.99 Å². The van der Waals surface area contributed by atoms with Crippen LogP contribution < -0.4 is 5.73 Å². The molecule has 5 heteroatoms. The van der Waals surface area contributed by atoms with Gasteiger partial charge in [0, 0.05) is 48.1 Å². The van der Waals surface area contributed by atoms with E-state index in [9.17, 15) is 0 Å². The van der Waals surface area contributed by atoms with Crippen LogP contribution in [0.4, 0.5) is 0 Å². The number of imidazole rings is 1. The van der Waals surface area contributed by atoms with Gasteiger partial charge in [-0.15, -0.1) is 0 Å². The van der Waals surface area contributed by atoms with Crippen LogP contribution in [0.2, 0.25) is 0 Å². The van der Waals surface area contributed by atoms with Crippen LogP contribution in [0.3, 0.4) is 0 Å². The minimum absolute atomic E-state index is 0.451. The van der Waals surface area contributed by atoms with Crippen LogP contribution in [0, 0.1) is 0 Å². The standard InChI is InChI=1S/C15H16N4S/c16-15(20)13-3-1-4-14-12(13)5-9-19(14)8-2-7-18-10-6-17-11-18/h1,3-6,9-11H,2,7-8H2,(H2,16,20). The average molecular weight is 284 g/mol. The summed E-state index contributed by atoms with van der Waals surface area (Å²) in [7, 11) is 0. The third-order valence-corrected chi connectivity index (χ3v) is 3.67. The molecule has 2 heterocycles. The van der Waals surface area contributed by atoms with E-state index in [1.807, 2.05) is 24.7 Å². The molecule has 3 aromatic rings. The summed E-state index contributed by atoms with van der Waals surface area (Å²) < 4.78 is 4.33. The zero-order chi connectivity index (χ0) is 13.9. The summed E-state index contributed by atoms with van der Waals surface area (Å²) in [6.45, 7) is 1.93. The topological polar surface area (TPSA) is 48.8 Å². The molecule has 3 rings (SSSR count). The maximum atomic E-state index is 5.77. The van der Waals surface area contributed by atoms with Crippen LogP contribution in [0.15, 0.2) is 49.2 Å². The van der Waals surface area contributed by atoms with Crippen molar-refractivity contribution < 1.29 is 0 Å². The predicted octanol–water partition coefficient (Wildman–Crippen LogP) is 2.56. The number of rotatable bonds is 5. The molecule has 1 aromatic carbocycles. The maximum Gasteiger partial charge on any atom is 0.104 e. The van der Waals surface area contributed by atoms with Crippen LogP contribution in [0.1, 0.15) is 12.0 Å². The normalized spacial score (nSPS) is 11.0. The smallest absolute Gasteiger partial charge is 0.104 e. The van der Waals surface area contributed by atoms with Gasteiger partial charge in [-0.25, -0.2) is 4.98 Å². The summed E-state index contributed by atoms with van der Waals surface area (Å²) in [5, 5.41) is 1.13. The lowest BCUT2D eigenvalue weighted by Crippen LogP contribution is -2.09. The minimum atomic E-state index is 0.451. The number of fused-ring (bicyclic) bond motifs is 1. The summed E-state index contributed by atoms with van der Waals surface area (Å²) in [5.74, 6) is 0. The number of aryl methyl sites for hydroxylation is 2. The molecule has 20 heavy (non-hydrogen) atoms. The molecular formula is C15H16N4S. The van der Waals surface area contributed by atoms with Crippen molar-refractivity contribution in [1.29, 1.82) is 0 Å². The van der Waals surface area contributed by atoms with E-state index in [0.717, 1.165) is 30.5 Å². The number of aromatic nitrogens is 3. The highest BCUT2D eigenvalue weighted by atomic mass is 32.1. The molecule has 0 aliphatic rings. The van der Waals surface area contributed by atoms with Crippen LogP contribution in [-0.2, 0) is 13.1 Å². The van der Waals surface area contributed by atoms with Crippen molar-refractivity contribution in [3.63, 3.8) is 0 Å². The molecule has 0 spiro atoms. The first-order chi connectivity index (χ1) is 9.75. The van der Waals surface area contributed by atoms with E-state index in [1.54, 1.807) is 6.20 Å². The second-order valence-electron chi connectivity index (χ2n) is 4.77. The number of nitrogens with zero attached hydrogens (tertiary/aromatic N) is 3. The Morgan fingerprint density at radius 2 is 2.10 bits per heavy atom. The predicted molar refractivity (Wildman–Crippen MR) is 84.7 cm³/mol. The Morgan fingerprint density at radius 3 is 2.85 bits per heavy atom. The highest BCUT2D eigenvalue weighted by Gasteiger charge is 2.07. The van der Waals surface area contributed by atoms with Crippen molar-refractivity contribution in [2.75, 3.05) is 0 Å². The molecule has 0 aliphatic carbocycles. The summed E-state index contributed by atoms with van der Waals surface area (Å²) >= 11 is 5.10. The van der Waals surface area contributed by atoms with Crippen LogP contribution in [0.5, 0.6) is 0 Å². The lowest BCUT2D eigenvalue weighted by molar-refractivity contribution is 0.573. The first-order valence-corrected chi connectivity index (χ1v) is 7.00. The Hall–Kier alpha value is -2.14. The molecule has 2 aromatic heterocycles. The molecular weight excluding hydrogens is 268 g/mol. The molecule has 0 radical (unpaired) electrons. The van der Waals surface area contributed by atoms with Crippen molar-refractivity contribution in [2.24, 2.45) is 5.73 Å². The second-order valence-corrected chi connectivity index (χ2v) is 5.21. The van der Waals surface area contributed by atoms with E-state index in [0.29, 0.717) is 4.99 Å². The molecule has 0 saturated carbocycles. The minimum Gasteiger partial charge on any atom is -0.389 e. The fraction of sp³-hybridized carbons (Fsp3) is 0.200. The number of hydrogen-bond acceptors (Lipinski definition) is 2. The molecule has 0 amide bonds. The van der Waals surface area contributed by atoms with Gasteiger partial charge >= 0.3 is 0 Å². The lowest BCUT2D eigenvalue weighted by Gasteiger charge is -2.07. The molecule has 102 valence electrons. The van der Waals surface area contributed by atoms with Gasteiger partial charge in [0.15, 0.2) is 0 Å². The van der Waals surface area contributed by atoms with E-state index in [-0.39, 0.29) is 0 Å². The van der Waals surface area contributed by atoms with Gasteiger partial charge in [-0.3, -0.25) is 0 Å². The highest BCUT2D eigenvalue weighted by molar-refractivity contribution is 7.80. The number of thiocarbonyl (C=S) groups is 1. The number of hydrogen-bond donors (Lipinski definition) is 1. The van der Waals surface area contributed by atoms with Crippen LogP contribution in [0.25, 0.3) is 10.9 Å². The molecule has 0 bridgehead atoms. The van der Waals surface area contributed by atoms with Gasteiger partial charge in [-0.05, 0) is 18.6 Å². The highest BCUT2D eigenvalue weighted by Crippen LogP contribution is 2.20. The lowest BCUT2D eigenvalue weighted by atomic mass is 10.1. The van der Waals surface area contributed by atoms with Gasteiger partial charge in [-0.1, -0.05) is 24.4 Å². The number of nitrogens with two attached hydrogens (primary N) is 1. The van der Waals surface area contributed by atoms with E-state index >= 15 is 0 Å². The summed E-state index contributed by atoms with van der Waals surface area (Å²) in [6, 6.07) is 8.17. The third-order valence-electron chi connectivity index (χ3n) is 3.45. The molecule has 4 nitrogen and oxygen atoms in total. The van der Waals surface area contributed by atoms with Crippen LogP contribution >= 0.6 is 12.2 Å². The first kappa shape index (κ1) is 12.9. The molecule has 0 fully saturated rings. The van der Waals surface area contributed by atoms with E-state index in [4.69, 9.17) is 18.0 Å². The Bertz CT molecular complexity index is 728. The van der Waals surface area contributed by atoms with E-state index in [1.165, 1.54) is 5.52 Å². The average Bonchev–Trinajstić information content (AvgIpc) is 3.08. The summed E-state index contributed by atoms with van der Waals surface area (Å²) in [5.41, 5.74) is 7.90. The van der Waals surface area contributed by atoms with Gasteiger partial charge in [0.05, 0.1) is 6.33 Å². The Kier molecular flexibility index (Phi) is 3.52. The Labute approximate surface area is 122 Å². The van der Waals surface area contributed by atoms with Gasteiger partial charge < -0.3 is 14.9 Å². The summed E-state index contributed by atoms with van der Waals surface area (Å²) in [6.07, 6.45) is 8.79. The maximum absolute atomic E-state index is 5.77. The molecule has 0 atom stereocenters. The number of benzene rings is 1. The van der Waals surface area contributed by atoms with Crippen LogP contribution in [-0.4, -0.2) is 19.1 Å². The van der Waals surface area contributed by atoms with Gasteiger partial charge in [0.2, 0.25) is 0 Å². The van der Waals surface area contributed by atoms with Crippen molar-refractivity contribution in [3.8, 4) is 0 Å². The molecule has 0 aliphatic heterocycles. The van der Waals surface area contributed by atoms with E-state index in [2.05, 4.69) is 32.4 Å². The van der Waals surface area contributed by atoms with Crippen molar-refractivity contribution in [2.45, 2.75) is 19.5 Å².